The molecule has 3 heteroatoms. The molecule has 20 heavy (non-hydrogen) atoms. The van der Waals surface area contributed by atoms with Crippen LogP contribution in [-0.2, 0) is 11.3 Å². The van der Waals surface area contributed by atoms with Gasteiger partial charge in [0.1, 0.15) is 0 Å². The average Bonchev–Trinajstić information content (AvgIpc) is 2.47. The normalized spacial score (nSPS) is 24.2. The molecule has 1 aliphatic rings. The molecule has 2 unspecified atom stereocenters. The molecule has 0 radical (unpaired) electrons. The summed E-state index contributed by atoms with van der Waals surface area (Å²) in [5.41, 5.74) is 8.68. The van der Waals surface area contributed by atoms with Crippen molar-refractivity contribution in [1.82, 2.24) is 4.90 Å². The van der Waals surface area contributed by atoms with Crippen molar-refractivity contribution in [3.63, 3.8) is 0 Å². The molecule has 2 rings (SSSR count). The molecule has 0 saturated carbocycles. The van der Waals surface area contributed by atoms with Crippen molar-refractivity contribution in [2.75, 3.05) is 20.2 Å². The first-order chi connectivity index (χ1) is 9.67. The molecule has 0 bridgehead atoms. The van der Waals surface area contributed by atoms with Crippen LogP contribution < -0.4 is 5.73 Å². The van der Waals surface area contributed by atoms with Crippen molar-refractivity contribution in [3.8, 4) is 0 Å². The Hall–Kier alpha value is -0.900. The van der Waals surface area contributed by atoms with E-state index in [4.69, 9.17) is 10.5 Å². The van der Waals surface area contributed by atoms with Crippen molar-refractivity contribution in [3.05, 3.63) is 35.4 Å². The lowest BCUT2D eigenvalue weighted by Gasteiger charge is -2.44. The number of benzene rings is 1. The van der Waals surface area contributed by atoms with Gasteiger partial charge in [-0.15, -0.1) is 0 Å². The second-order valence-corrected chi connectivity index (χ2v) is 6.09. The van der Waals surface area contributed by atoms with E-state index in [1.807, 2.05) is 0 Å². The zero-order valence-corrected chi connectivity index (χ0v) is 13.0. The van der Waals surface area contributed by atoms with Gasteiger partial charge < -0.3 is 10.5 Å². The van der Waals surface area contributed by atoms with Crippen molar-refractivity contribution in [1.29, 1.82) is 0 Å². The summed E-state index contributed by atoms with van der Waals surface area (Å²) in [6.45, 7) is 7.18. The van der Waals surface area contributed by atoms with Crippen LogP contribution in [0, 0.1) is 5.92 Å². The van der Waals surface area contributed by atoms with Gasteiger partial charge in [0.2, 0.25) is 0 Å². The van der Waals surface area contributed by atoms with Gasteiger partial charge in [-0.1, -0.05) is 24.3 Å². The van der Waals surface area contributed by atoms with Gasteiger partial charge in [0.25, 0.3) is 0 Å². The highest BCUT2D eigenvalue weighted by atomic mass is 16.5. The summed E-state index contributed by atoms with van der Waals surface area (Å²) in [6.07, 6.45) is 2.49. The topological polar surface area (TPSA) is 38.5 Å². The number of hydrogen-bond acceptors (Lipinski definition) is 3. The molecule has 1 aromatic rings. The monoisotopic (exact) mass is 276 g/mol. The van der Waals surface area contributed by atoms with E-state index in [9.17, 15) is 0 Å². The molecule has 0 aromatic heterocycles. The van der Waals surface area contributed by atoms with Crippen LogP contribution in [0.2, 0.25) is 0 Å². The van der Waals surface area contributed by atoms with Gasteiger partial charge in [0, 0.05) is 19.2 Å². The maximum Gasteiger partial charge on any atom is 0.0713 e. The Morgan fingerprint density at radius 2 is 2.20 bits per heavy atom. The van der Waals surface area contributed by atoms with E-state index in [1.54, 1.807) is 7.11 Å². The van der Waals surface area contributed by atoms with Crippen LogP contribution in [0.25, 0.3) is 0 Å². The predicted octanol–water partition coefficient (Wildman–Crippen LogP) is 2.95. The van der Waals surface area contributed by atoms with Crippen molar-refractivity contribution in [2.45, 2.75) is 45.4 Å². The Balaban J connectivity index is 2.30. The Bertz CT molecular complexity index is 419. The van der Waals surface area contributed by atoms with Gasteiger partial charge in [-0.05, 0) is 56.8 Å². The van der Waals surface area contributed by atoms with E-state index in [0.717, 1.165) is 6.54 Å². The molecule has 1 fully saturated rings. The number of likely N-dealkylation sites (tertiary alicyclic amines) is 1. The van der Waals surface area contributed by atoms with Crippen LogP contribution in [0.5, 0.6) is 0 Å². The molecule has 0 spiro atoms. The van der Waals surface area contributed by atoms with Crippen molar-refractivity contribution >= 4 is 0 Å². The zero-order chi connectivity index (χ0) is 14.5. The van der Waals surface area contributed by atoms with E-state index in [2.05, 4.69) is 43.0 Å². The summed E-state index contributed by atoms with van der Waals surface area (Å²) >= 11 is 0. The number of ether oxygens (including phenoxy) is 1. The van der Waals surface area contributed by atoms with Gasteiger partial charge in [-0.3, -0.25) is 4.90 Å². The van der Waals surface area contributed by atoms with E-state index in [0.29, 0.717) is 24.6 Å². The van der Waals surface area contributed by atoms with Crippen LogP contribution in [0.4, 0.5) is 0 Å². The quantitative estimate of drug-likeness (QED) is 0.898. The number of methoxy groups -OCH3 is 1. The molecule has 2 atom stereocenters. The Kier molecular flexibility index (Phi) is 5.58. The molecule has 1 saturated heterocycles. The summed E-state index contributed by atoms with van der Waals surface area (Å²) < 4.78 is 5.26. The first-order valence-electron chi connectivity index (χ1n) is 7.71. The fourth-order valence-electron chi connectivity index (χ4n) is 3.43. The highest BCUT2D eigenvalue weighted by Crippen LogP contribution is 2.37. The summed E-state index contributed by atoms with van der Waals surface area (Å²) in [7, 11) is 1.75. The van der Waals surface area contributed by atoms with Crippen LogP contribution in [0.15, 0.2) is 24.3 Å². The molecule has 112 valence electrons. The number of hydrogen-bond donors (Lipinski definition) is 1. The SMILES string of the molecule is COCc1cccc(C2C(CN)CCCN2C(C)C)c1. The van der Waals surface area contributed by atoms with E-state index >= 15 is 0 Å². The third-order valence-corrected chi connectivity index (χ3v) is 4.36. The Labute approximate surface area is 123 Å². The minimum Gasteiger partial charge on any atom is -0.380 e. The fourth-order valence-corrected chi connectivity index (χ4v) is 3.43. The van der Waals surface area contributed by atoms with E-state index in [1.165, 1.54) is 30.5 Å². The van der Waals surface area contributed by atoms with Crippen LogP contribution in [0.1, 0.15) is 43.9 Å². The fraction of sp³-hybridized carbons (Fsp3) is 0.647. The molecule has 0 amide bonds. The minimum atomic E-state index is 0.450. The number of nitrogens with zero attached hydrogens (tertiary/aromatic N) is 1. The molecule has 3 nitrogen and oxygen atoms in total. The molecule has 2 N–H and O–H groups in total. The smallest absolute Gasteiger partial charge is 0.0713 e. The zero-order valence-electron chi connectivity index (χ0n) is 13.0. The average molecular weight is 276 g/mol. The molecule has 0 aliphatic carbocycles. The van der Waals surface area contributed by atoms with Crippen LogP contribution in [-0.4, -0.2) is 31.1 Å². The number of nitrogens with two attached hydrogens (primary N) is 1. The molecule has 1 aromatic carbocycles. The van der Waals surface area contributed by atoms with Crippen molar-refractivity contribution in [2.24, 2.45) is 11.7 Å². The third kappa shape index (κ3) is 3.40. The Morgan fingerprint density at radius 1 is 1.40 bits per heavy atom. The highest BCUT2D eigenvalue weighted by Gasteiger charge is 2.33. The first-order valence-corrected chi connectivity index (χ1v) is 7.71. The number of piperidine rings is 1. The lowest BCUT2D eigenvalue weighted by Crippen LogP contribution is -2.45. The van der Waals surface area contributed by atoms with Crippen LogP contribution >= 0.6 is 0 Å². The van der Waals surface area contributed by atoms with Gasteiger partial charge in [0.05, 0.1) is 6.61 Å². The van der Waals surface area contributed by atoms with E-state index < -0.39 is 0 Å². The molecular weight excluding hydrogens is 248 g/mol. The van der Waals surface area contributed by atoms with Gasteiger partial charge in [0.15, 0.2) is 0 Å². The third-order valence-electron chi connectivity index (χ3n) is 4.36. The lowest BCUT2D eigenvalue weighted by molar-refractivity contribution is 0.0664. The molecule has 1 heterocycles. The summed E-state index contributed by atoms with van der Waals surface area (Å²) in [5.74, 6) is 0.559. The first kappa shape index (κ1) is 15.5. The highest BCUT2D eigenvalue weighted by molar-refractivity contribution is 5.27. The number of rotatable bonds is 5. The van der Waals surface area contributed by atoms with Gasteiger partial charge >= 0.3 is 0 Å². The largest absolute Gasteiger partial charge is 0.380 e. The Morgan fingerprint density at radius 3 is 2.85 bits per heavy atom. The van der Waals surface area contributed by atoms with E-state index in [-0.39, 0.29) is 0 Å². The summed E-state index contributed by atoms with van der Waals surface area (Å²) in [5, 5.41) is 0. The molecule has 1 aliphatic heterocycles. The predicted molar refractivity (Wildman–Crippen MR) is 83.5 cm³/mol. The summed E-state index contributed by atoms with van der Waals surface area (Å²) in [6, 6.07) is 9.81. The molecular formula is C17H28N2O. The maximum atomic E-state index is 6.04. The van der Waals surface area contributed by atoms with Gasteiger partial charge in [-0.2, -0.15) is 0 Å². The lowest BCUT2D eigenvalue weighted by atomic mass is 9.83. The minimum absolute atomic E-state index is 0.450. The second-order valence-electron chi connectivity index (χ2n) is 6.09. The second kappa shape index (κ2) is 7.21. The van der Waals surface area contributed by atoms with Gasteiger partial charge in [-0.25, -0.2) is 0 Å². The standard InChI is InChI=1S/C17H28N2O/c1-13(2)19-9-5-8-16(11-18)17(19)15-7-4-6-14(10-15)12-20-3/h4,6-7,10,13,16-17H,5,8-9,11-12,18H2,1-3H3. The summed E-state index contributed by atoms with van der Waals surface area (Å²) in [4.78, 5) is 2.60. The van der Waals surface area contributed by atoms with Crippen molar-refractivity contribution < 1.29 is 4.74 Å². The maximum absolute atomic E-state index is 6.04. The van der Waals surface area contributed by atoms with Crippen LogP contribution in [0.3, 0.4) is 0 Å².